The van der Waals surface area contributed by atoms with Crippen molar-refractivity contribution in [1.29, 1.82) is 0 Å². The van der Waals surface area contributed by atoms with Crippen LogP contribution in [0.2, 0.25) is 0 Å². The summed E-state index contributed by atoms with van der Waals surface area (Å²) in [4.78, 5) is 15.5. The van der Waals surface area contributed by atoms with Crippen LogP contribution < -0.4 is 0 Å². The quantitative estimate of drug-likeness (QED) is 0.388. The first-order valence-electron chi connectivity index (χ1n) is 1.17. The summed E-state index contributed by atoms with van der Waals surface area (Å²) in [6, 6.07) is 0. The Morgan fingerprint density at radius 1 is 1.57 bits per heavy atom. The predicted octanol–water partition coefficient (Wildman–Crippen LogP) is -1.63. The Labute approximate surface area is 56.8 Å². The minimum absolute atomic E-state index is 0. The van der Waals surface area contributed by atoms with Gasteiger partial charge in [0, 0.05) is 19.5 Å². The maximum absolute atomic E-state index is 9.51. The fourth-order valence-corrected chi connectivity index (χ4v) is 0. The molecule has 0 unspecified atom stereocenters. The predicted molar refractivity (Wildman–Crippen MR) is 23.1 cm³/mol. The van der Waals surface area contributed by atoms with Crippen LogP contribution in [0.3, 0.4) is 0 Å². The summed E-state index contributed by atoms with van der Waals surface area (Å²) in [6.07, 6.45) is 0. The minimum atomic E-state index is -4.08. The van der Waals surface area contributed by atoms with Crippen LogP contribution in [0.5, 0.6) is 0 Å². The Morgan fingerprint density at radius 3 is 1.71 bits per heavy atom. The van der Waals surface area contributed by atoms with Crippen molar-refractivity contribution in [3.05, 3.63) is 0 Å². The van der Waals surface area contributed by atoms with Gasteiger partial charge in [-0.25, -0.2) is 4.57 Å². The molecule has 2 N–H and O–H groups in total. The Kier molecular flexibility index (Phi) is 6.03. The van der Waals surface area contributed by atoms with E-state index in [0.717, 1.165) is 0 Å². The van der Waals surface area contributed by atoms with Crippen molar-refractivity contribution >= 4 is 18.3 Å². The van der Waals surface area contributed by atoms with Gasteiger partial charge in [0.05, 0.1) is 0 Å². The Balaban J connectivity index is 0. The molecule has 0 aliphatic carbocycles. The third-order valence-corrected chi connectivity index (χ3v) is 2.14. The number of hydrogen-bond donors (Lipinski definition) is 2. The smallest absolute Gasteiger partial charge is 0.342 e. The van der Waals surface area contributed by atoms with Crippen molar-refractivity contribution < 1.29 is 38.0 Å². The second-order valence-electron chi connectivity index (χ2n) is 0.673. The van der Waals surface area contributed by atoms with E-state index in [1.54, 1.807) is 0 Å². The first-order chi connectivity index (χ1) is 2.56. The van der Waals surface area contributed by atoms with Crippen LogP contribution in [-0.2, 0) is 28.3 Å². The molecule has 7 heteroatoms. The van der Waals surface area contributed by atoms with E-state index in [4.69, 9.17) is 9.79 Å². The van der Waals surface area contributed by atoms with E-state index >= 15 is 0 Å². The molecule has 0 aromatic rings. The van der Waals surface area contributed by atoms with Gasteiger partial charge in [-0.15, -0.1) is 0 Å². The van der Waals surface area contributed by atoms with Gasteiger partial charge in [0.2, 0.25) is 0 Å². The van der Waals surface area contributed by atoms with E-state index in [2.05, 4.69) is 4.21 Å². The summed E-state index contributed by atoms with van der Waals surface area (Å²) in [5.74, 6) is 0. The molecule has 0 spiro atoms. The average molecular weight is 193 g/mol. The van der Waals surface area contributed by atoms with Gasteiger partial charge in [0.25, 0.3) is 0 Å². The van der Waals surface area contributed by atoms with Gasteiger partial charge in [0.1, 0.15) is 0 Å². The summed E-state index contributed by atoms with van der Waals surface area (Å²) in [5.41, 5.74) is 0. The van der Waals surface area contributed by atoms with Gasteiger partial charge in [0.15, 0.2) is 10.5 Å². The summed E-state index contributed by atoms with van der Waals surface area (Å²) >= 11 is 0. The Bertz CT molecular complexity index is 75.8. The fraction of sp³-hybridized carbons (Fsp3) is 0. The molecule has 0 aliphatic rings. The van der Waals surface area contributed by atoms with Crippen LogP contribution in [-0.4, -0.2) is 20.3 Å². The van der Waals surface area contributed by atoms with Gasteiger partial charge in [-0.2, -0.15) is 0 Å². The van der Waals surface area contributed by atoms with Crippen molar-refractivity contribution in [3.8, 4) is 0 Å². The SMILES string of the molecule is O=P(O)(O)O[SiH3].[Zn]. The Hall–Kier alpha value is 0.950. The molecule has 0 saturated carbocycles. The standard InChI is InChI=1S/H5O4PSi.Zn/c1-5(2,3)4-6;/h6H3,(H2,1,2,3);. The van der Waals surface area contributed by atoms with Gasteiger partial charge in [-0.1, -0.05) is 0 Å². The van der Waals surface area contributed by atoms with Crippen molar-refractivity contribution in [2.24, 2.45) is 0 Å². The monoisotopic (exact) mass is 192 g/mol. The maximum Gasteiger partial charge on any atom is 0.458 e. The van der Waals surface area contributed by atoms with E-state index in [0.29, 0.717) is 0 Å². The van der Waals surface area contributed by atoms with Crippen LogP contribution in [0.25, 0.3) is 0 Å². The second kappa shape index (κ2) is 3.89. The molecule has 40 valence electrons. The van der Waals surface area contributed by atoms with E-state index in [-0.39, 0.29) is 30.0 Å². The average Bonchev–Trinajstić information content (AvgIpc) is 1.35. The molecule has 0 rings (SSSR count). The molecule has 0 bridgehead atoms. The molecule has 0 amide bonds. The molecule has 7 heavy (non-hydrogen) atoms. The summed E-state index contributed by atoms with van der Waals surface area (Å²) in [7, 11) is -4.00. The third kappa shape index (κ3) is 10.9. The molecule has 0 radical (unpaired) electrons. The third-order valence-electron chi connectivity index (χ3n) is 0.238. The number of rotatable bonds is 1. The van der Waals surface area contributed by atoms with Crippen LogP contribution in [0, 0.1) is 0 Å². The molecule has 0 aromatic carbocycles. The summed E-state index contributed by atoms with van der Waals surface area (Å²) < 4.78 is 13.2. The molecule has 4 nitrogen and oxygen atoms in total. The topological polar surface area (TPSA) is 66.8 Å². The van der Waals surface area contributed by atoms with Crippen LogP contribution >= 0.6 is 7.82 Å². The van der Waals surface area contributed by atoms with Crippen molar-refractivity contribution in [3.63, 3.8) is 0 Å². The molecule has 0 aromatic heterocycles. The molecule has 0 saturated heterocycles. The first-order valence-corrected chi connectivity index (χ1v) is 3.52. The van der Waals surface area contributed by atoms with Crippen LogP contribution in [0.15, 0.2) is 0 Å². The molecule has 0 aliphatic heterocycles. The largest absolute Gasteiger partial charge is 0.458 e. The van der Waals surface area contributed by atoms with E-state index in [1.165, 1.54) is 0 Å². The van der Waals surface area contributed by atoms with Crippen LogP contribution in [0.1, 0.15) is 0 Å². The second-order valence-corrected chi connectivity index (χ2v) is 3.11. The summed E-state index contributed by atoms with van der Waals surface area (Å²) in [6.45, 7) is 0. The molecule has 0 fully saturated rings. The zero-order valence-electron chi connectivity index (χ0n) is 3.87. The first kappa shape index (κ1) is 10.8. The number of phosphoric acid groups is 1. The minimum Gasteiger partial charge on any atom is -0.342 e. The van der Waals surface area contributed by atoms with Crippen molar-refractivity contribution in [2.75, 3.05) is 0 Å². The van der Waals surface area contributed by atoms with Gasteiger partial charge >= 0.3 is 7.82 Å². The van der Waals surface area contributed by atoms with Gasteiger partial charge < -0.3 is 14.0 Å². The zero-order valence-corrected chi connectivity index (χ0v) is 9.73. The van der Waals surface area contributed by atoms with Gasteiger partial charge in [-0.05, 0) is 0 Å². The maximum atomic E-state index is 9.51. The van der Waals surface area contributed by atoms with E-state index in [1.807, 2.05) is 0 Å². The normalized spacial score (nSPS) is 10.6. The Morgan fingerprint density at radius 2 is 1.71 bits per heavy atom. The van der Waals surface area contributed by atoms with E-state index in [9.17, 15) is 4.57 Å². The molecule has 0 atom stereocenters. The van der Waals surface area contributed by atoms with Crippen molar-refractivity contribution in [2.45, 2.75) is 0 Å². The van der Waals surface area contributed by atoms with Crippen LogP contribution in [0.4, 0.5) is 0 Å². The molecule has 0 heterocycles. The summed E-state index contributed by atoms with van der Waals surface area (Å²) in [5, 5.41) is 0. The van der Waals surface area contributed by atoms with E-state index < -0.39 is 7.82 Å². The zero-order chi connectivity index (χ0) is 5.21. The molecular weight excluding hydrogens is 188 g/mol. The van der Waals surface area contributed by atoms with Crippen molar-refractivity contribution in [1.82, 2.24) is 0 Å². The molecular formula is H5O4PSiZn. The number of hydrogen-bond acceptors (Lipinski definition) is 2. The van der Waals surface area contributed by atoms with Gasteiger partial charge in [-0.3, -0.25) is 0 Å². The fourth-order valence-electron chi connectivity index (χ4n) is 0.